The first-order valence-electron chi connectivity index (χ1n) is 11.9. The number of piperidine rings is 1. The summed E-state index contributed by atoms with van der Waals surface area (Å²) >= 11 is 0. The number of likely N-dealkylation sites (tertiary alicyclic amines) is 1. The Morgan fingerprint density at radius 3 is 2.70 bits per heavy atom. The largest absolute Gasteiger partial charge is 0.358 e. The highest BCUT2D eigenvalue weighted by Crippen LogP contribution is 2.45. The third-order valence-electron chi connectivity index (χ3n) is 7.20. The fourth-order valence-electron chi connectivity index (χ4n) is 5.83. The topological polar surface area (TPSA) is 51.4 Å². The van der Waals surface area contributed by atoms with E-state index < -0.39 is 0 Å². The molecule has 1 saturated heterocycles. The molecule has 164 valence electrons. The Labute approximate surface area is 181 Å². The smallest absolute Gasteiger partial charge is 0.317 e. The van der Waals surface area contributed by atoms with Crippen molar-refractivity contribution in [2.75, 3.05) is 26.2 Å². The molecular weight excluding hydrogens is 372 g/mol. The molecule has 0 saturated carbocycles. The maximum Gasteiger partial charge on any atom is 0.317 e. The molecule has 1 fully saturated rings. The second-order valence-corrected chi connectivity index (χ2v) is 9.37. The number of amides is 2. The molecular formula is C25H38N4O. The molecule has 2 amide bonds. The van der Waals surface area contributed by atoms with E-state index in [1.54, 1.807) is 0 Å². The van der Waals surface area contributed by atoms with Gasteiger partial charge >= 0.3 is 6.03 Å². The summed E-state index contributed by atoms with van der Waals surface area (Å²) in [6.07, 6.45) is 3.28. The molecule has 0 bridgehead atoms. The molecule has 3 atom stereocenters. The number of hydrogen-bond acceptors (Lipinski definition) is 2. The van der Waals surface area contributed by atoms with Crippen molar-refractivity contribution < 1.29 is 4.79 Å². The van der Waals surface area contributed by atoms with E-state index in [0.29, 0.717) is 17.9 Å². The Morgan fingerprint density at radius 2 is 2.03 bits per heavy atom. The highest BCUT2D eigenvalue weighted by Gasteiger charge is 2.42. The summed E-state index contributed by atoms with van der Waals surface area (Å²) in [6, 6.07) is 7.56. The zero-order valence-corrected chi connectivity index (χ0v) is 19.3. The average Bonchev–Trinajstić information content (AvgIpc) is 3.10. The molecule has 5 heteroatoms. The third kappa shape index (κ3) is 3.62. The molecule has 1 aliphatic carbocycles. The molecule has 2 aliphatic rings. The molecule has 0 spiro atoms. The van der Waals surface area contributed by atoms with E-state index in [-0.39, 0.29) is 12.1 Å². The van der Waals surface area contributed by atoms with Gasteiger partial charge in [-0.25, -0.2) is 4.79 Å². The molecule has 1 aromatic heterocycles. The Bertz CT molecular complexity index is 898. The van der Waals surface area contributed by atoms with Crippen LogP contribution in [0.2, 0.25) is 0 Å². The van der Waals surface area contributed by atoms with Crippen LogP contribution in [-0.2, 0) is 6.42 Å². The van der Waals surface area contributed by atoms with Crippen molar-refractivity contribution in [3.8, 4) is 0 Å². The SMILES string of the molecule is CCCN1C[C@@H](NC(=O)N(CC)CC)C[C@@H]2c3cccc4[nH]c(C(C)C)c(c34)C[C@H]21. The summed E-state index contributed by atoms with van der Waals surface area (Å²) in [4.78, 5) is 21.0. The van der Waals surface area contributed by atoms with Crippen molar-refractivity contribution >= 4 is 16.9 Å². The van der Waals surface area contributed by atoms with E-state index in [9.17, 15) is 4.79 Å². The number of carbonyl (C=O) groups is 1. The van der Waals surface area contributed by atoms with Gasteiger partial charge in [-0.1, -0.05) is 32.9 Å². The summed E-state index contributed by atoms with van der Waals surface area (Å²) in [5, 5.41) is 4.81. The molecule has 1 aliphatic heterocycles. The second kappa shape index (κ2) is 8.62. The van der Waals surface area contributed by atoms with Gasteiger partial charge in [-0.05, 0) is 62.8 Å². The van der Waals surface area contributed by atoms with Crippen LogP contribution in [0.15, 0.2) is 18.2 Å². The number of nitrogens with one attached hydrogen (secondary N) is 2. The Morgan fingerprint density at radius 1 is 1.27 bits per heavy atom. The molecule has 30 heavy (non-hydrogen) atoms. The van der Waals surface area contributed by atoms with Gasteiger partial charge < -0.3 is 15.2 Å². The molecule has 1 aromatic carbocycles. The number of benzene rings is 1. The van der Waals surface area contributed by atoms with Crippen LogP contribution in [-0.4, -0.2) is 59.1 Å². The van der Waals surface area contributed by atoms with Gasteiger partial charge in [0.2, 0.25) is 0 Å². The van der Waals surface area contributed by atoms with Gasteiger partial charge in [-0.15, -0.1) is 0 Å². The second-order valence-electron chi connectivity index (χ2n) is 9.37. The maximum atomic E-state index is 12.8. The number of H-pyrrole nitrogens is 1. The average molecular weight is 411 g/mol. The number of carbonyl (C=O) groups excluding carboxylic acids is 1. The third-order valence-corrected chi connectivity index (χ3v) is 7.20. The van der Waals surface area contributed by atoms with E-state index in [4.69, 9.17) is 0 Å². The van der Waals surface area contributed by atoms with Crippen molar-refractivity contribution in [3.63, 3.8) is 0 Å². The molecule has 0 radical (unpaired) electrons. The Hall–Kier alpha value is -2.01. The highest BCUT2D eigenvalue weighted by molar-refractivity contribution is 5.90. The van der Waals surface area contributed by atoms with E-state index >= 15 is 0 Å². The number of hydrogen-bond donors (Lipinski definition) is 2. The monoisotopic (exact) mass is 410 g/mol. The number of urea groups is 1. The van der Waals surface area contributed by atoms with Crippen LogP contribution in [0, 0.1) is 0 Å². The fraction of sp³-hybridized carbons (Fsp3) is 0.640. The highest BCUT2D eigenvalue weighted by atomic mass is 16.2. The van der Waals surface area contributed by atoms with Crippen LogP contribution < -0.4 is 5.32 Å². The van der Waals surface area contributed by atoms with Gasteiger partial charge in [-0.3, -0.25) is 4.90 Å². The summed E-state index contributed by atoms with van der Waals surface area (Å²) in [6.45, 7) is 14.5. The Kier molecular flexibility index (Phi) is 6.10. The predicted molar refractivity (Wildman–Crippen MR) is 124 cm³/mol. The van der Waals surface area contributed by atoms with Crippen LogP contribution in [0.3, 0.4) is 0 Å². The number of nitrogens with zero attached hydrogens (tertiary/aromatic N) is 2. The number of rotatable bonds is 6. The standard InChI is InChI=1S/C25H38N4O/c1-6-12-29-15-17(26-25(30)28(7-2)8-3)13-19-18-10-9-11-21-23(18)20(14-22(19)29)24(27-21)16(4)5/h9-11,16-17,19,22,27H,6-8,12-15H2,1-5H3,(H,26,30)/t17-,19+,22+/m0/s1. The summed E-state index contributed by atoms with van der Waals surface area (Å²) in [5.41, 5.74) is 5.69. The summed E-state index contributed by atoms with van der Waals surface area (Å²) in [5.74, 6) is 0.973. The molecule has 4 rings (SSSR count). The van der Waals surface area contributed by atoms with E-state index in [1.807, 2.05) is 18.7 Å². The minimum Gasteiger partial charge on any atom is -0.358 e. The minimum absolute atomic E-state index is 0.0818. The van der Waals surface area contributed by atoms with Gasteiger partial charge in [0, 0.05) is 54.2 Å². The first-order chi connectivity index (χ1) is 14.5. The quantitative estimate of drug-likeness (QED) is 0.716. The van der Waals surface area contributed by atoms with Crippen LogP contribution in [0.1, 0.15) is 76.1 Å². The number of fused-ring (bicyclic) bond motifs is 2. The van der Waals surface area contributed by atoms with Crippen molar-refractivity contribution in [1.29, 1.82) is 0 Å². The first kappa shape index (κ1) is 21.2. The summed E-state index contributed by atoms with van der Waals surface area (Å²) in [7, 11) is 0. The zero-order valence-electron chi connectivity index (χ0n) is 19.3. The number of aromatic amines is 1. The van der Waals surface area contributed by atoms with E-state index in [2.05, 4.69) is 54.2 Å². The lowest BCUT2D eigenvalue weighted by molar-refractivity contribution is 0.0978. The predicted octanol–water partition coefficient (Wildman–Crippen LogP) is 4.84. The first-order valence-corrected chi connectivity index (χ1v) is 11.9. The van der Waals surface area contributed by atoms with Crippen molar-refractivity contribution in [2.24, 2.45) is 0 Å². The molecule has 0 unspecified atom stereocenters. The molecule has 2 N–H and O–H groups in total. The van der Waals surface area contributed by atoms with Crippen LogP contribution in [0.25, 0.3) is 10.9 Å². The van der Waals surface area contributed by atoms with Gasteiger partial charge in [0.05, 0.1) is 0 Å². The Balaban J connectivity index is 1.69. The van der Waals surface area contributed by atoms with Crippen molar-refractivity contribution in [3.05, 3.63) is 35.0 Å². The lowest BCUT2D eigenvalue weighted by atomic mass is 9.73. The van der Waals surface area contributed by atoms with E-state index in [0.717, 1.165) is 45.4 Å². The lowest BCUT2D eigenvalue weighted by Crippen LogP contribution is -2.58. The molecule has 2 heterocycles. The molecule has 5 nitrogen and oxygen atoms in total. The van der Waals surface area contributed by atoms with Gasteiger partial charge in [0.15, 0.2) is 0 Å². The van der Waals surface area contributed by atoms with Gasteiger partial charge in [0.25, 0.3) is 0 Å². The lowest BCUT2D eigenvalue weighted by Gasteiger charge is -2.47. The summed E-state index contributed by atoms with van der Waals surface area (Å²) < 4.78 is 0. The normalized spacial score (nSPS) is 23.6. The number of aromatic nitrogens is 1. The van der Waals surface area contributed by atoms with Crippen molar-refractivity contribution in [1.82, 2.24) is 20.1 Å². The van der Waals surface area contributed by atoms with Crippen molar-refractivity contribution in [2.45, 2.75) is 77.8 Å². The van der Waals surface area contributed by atoms with Crippen LogP contribution in [0.5, 0.6) is 0 Å². The van der Waals surface area contributed by atoms with Crippen LogP contribution >= 0.6 is 0 Å². The van der Waals surface area contributed by atoms with Crippen LogP contribution in [0.4, 0.5) is 4.79 Å². The zero-order chi connectivity index (χ0) is 21.4. The molecule has 2 aromatic rings. The van der Waals surface area contributed by atoms with Gasteiger partial charge in [-0.2, -0.15) is 0 Å². The maximum absolute atomic E-state index is 12.8. The minimum atomic E-state index is 0.0818. The fourth-order valence-corrected chi connectivity index (χ4v) is 5.83. The van der Waals surface area contributed by atoms with Gasteiger partial charge in [0.1, 0.15) is 0 Å². The van der Waals surface area contributed by atoms with E-state index in [1.165, 1.54) is 27.7 Å².